The van der Waals surface area contributed by atoms with Crippen LogP contribution in [0.1, 0.15) is 27.7 Å². The van der Waals surface area contributed by atoms with E-state index in [0.717, 1.165) is 10.9 Å². The summed E-state index contributed by atoms with van der Waals surface area (Å²) in [5.74, 6) is -0.729. The van der Waals surface area contributed by atoms with Gasteiger partial charge in [-0.25, -0.2) is 0 Å². The van der Waals surface area contributed by atoms with Crippen molar-refractivity contribution in [3.8, 4) is 5.75 Å². The molecule has 1 aliphatic rings. The number of fused-ring (bicyclic) bond motifs is 1. The highest BCUT2D eigenvalue weighted by Gasteiger charge is 2.47. The Balaban J connectivity index is 1.38. The first-order valence-corrected chi connectivity index (χ1v) is 13.8. The van der Waals surface area contributed by atoms with Gasteiger partial charge in [-0.05, 0) is 35.4 Å². The van der Waals surface area contributed by atoms with Gasteiger partial charge in [0.25, 0.3) is 5.91 Å². The van der Waals surface area contributed by atoms with Crippen LogP contribution >= 0.6 is 23.1 Å². The molecule has 3 aromatic carbocycles. The van der Waals surface area contributed by atoms with Crippen LogP contribution in [-0.2, 0) is 10.5 Å². The van der Waals surface area contributed by atoms with Crippen molar-refractivity contribution < 1.29 is 23.8 Å². The molecule has 10 heteroatoms. The lowest BCUT2D eigenvalue weighted by Gasteiger charge is -2.24. The van der Waals surface area contributed by atoms with Crippen molar-refractivity contribution in [3.63, 3.8) is 0 Å². The number of nitrogens with zero attached hydrogens (tertiary/aromatic N) is 3. The van der Waals surface area contributed by atoms with Crippen LogP contribution < -0.4 is 9.64 Å². The average molecular weight is 556 g/mol. The van der Waals surface area contributed by atoms with Crippen LogP contribution in [0.5, 0.6) is 5.75 Å². The standard InChI is InChI=1S/C29H21N3O5S2/c1-36-20-12-7-11-19(14-20)24-23(25(33)22-15-18-10-5-6-13-21(18)37-22)26(34)27(35)32(24)28-30-31-29(39-28)38-16-17-8-3-2-4-9-17/h2-15,24,34H,16H2,1H3. The van der Waals surface area contributed by atoms with Gasteiger partial charge in [0.05, 0.1) is 18.7 Å². The monoisotopic (exact) mass is 555 g/mol. The molecule has 39 heavy (non-hydrogen) atoms. The second-order valence-corrected chi connectivity index (χ2v) is 10.9. The first-order chi connectivity index (χ1) is 19.0. The number of thioether (sulfide) groups is 1. The van der Waals surface area contributed by atoms with E-state index in [1.165, 1.54) is 35.1 Å². The molecule has 0 bridgehead atoms. The third-order valence-electron chi connectivity index (χ3n) is 6.32. The number of hydrogen-bond donors (Lipinski definition) is 1. The largest absolute Gasteiger partial charge is 0.503 e. The maximum absolute atomic E-state index is 13.8. The first kappa shape index (κ1) is 24.9. The smallest absolute Gasteiger partial charge is 0.296 e. The molecule has 0 radical (unpaired) electrons. The van der Waals surface area contributed by atoms with E-state index >= 15 is 0 Å². The number of para-hydroxylation sites is 1. The van der Waals surface area contributed by atoms with Gasteiger partial charge in [0.15, 0.2) is 15.9 Å². The summed E-state index contributed by atoms with van der Waals surface area (Å²) < 4.78 is 11.8. The van der Waals surface area contributed by atoms with Crippen LogP contribution in [0.2, 0.25) is 0 Å². The highest BCUT2D eigenvalue weighted by molar-refractivity contribution is 8.00. The quantitative estimate of drug-likeness (QED) is 0.134. The molecule has 8 nitrogen and oxygen atoms in total. The van der Waals surface area contributed by atoms with Crippen molar-refractivity contribution in [2.75, 3.05) is 12.0 Å². The predicted octanol–water partition coefficient (Wildman–Crippen LogP) is 6.37. The zero-order valence-electron chi connectivity index (χ0n) is 20.6. The number of benzene rings is 3. The van der Waals surface area contributed by atoms with Crippen molar-refractivity contribution in [1.82, 2.24) is 10.2 Å². The summed E-state index contributed by atoms with van der Waals surface area (Å²) in [7, 11) is 1.53. The normalized spacial score (nSPS) is 15.4. The SMILES string of the molecule is COc1cccc(C2C(C(=O)c3cc4ccccc4o3)=C(O)C(=O)N2c2nnc(SCc3ccccc3)s2)c1. The van der Waals surface area contributed by atoms with Crippen molar-refractivity contribution in [2.24, 2.45) is 0 Å². The molecule has 1 amide bonds. The van der Waals surface area contributed by atoms with Gasteiger partial charge in [0.2, 0.25) is 10.9 Å². The van der Waals surface area contributed by atoms with Crippen molar-refractivity contribution in [3.05, 3.63) is 113 Å². The number of methoxy groups -OCH3 is 1. The molecule has 0 saturated carbocycles. The van der Waals surface area contributed by atoms with Crippen molar-refractivity contribution >= 4 is 50.9 Å². The van der Waals surface area contributed by atoms with Gasteiger partial charge < -0.3 is 14.3 Å². The topological polar surface area (TPSA) is 106 Å². The van der Waals surface area contributed by atoms with E-state index in [1.54, 1.807) is 42.5 Å². The van der Waals surface area contributed by atoms with E-state index in [1.807, 2.05) is 42.5 Å². The lowest BCUT2D eigenvalue weighted by atomic mass is 9.95. The van der Waals surface area contributed by atoms with Gasteiger partial charge in [-0.2, -0.15) is 0 Å². The summed E-state index contributed by atoms with van der Waals surface area (Å²) in [4.78, 5) is 28.6. The highest BCUT2D eigenvalue weighted by atomic mass is 32.2. The Labute approximate surface area is 231 Å². The molecule has 0 saturated heterocycles. The number of aromatic nitrogens is 2. The van der Waals surface area contributed by atoms with Gasteiger partial charge in [0.1, 0.15) is 11.3 Å². The minimum atomic E-state index is -0.965. The van der Waals surface area contributed by atoms with E-state index in [4.69, 9.17) is 9.15 Å². The van der Waals surface area contributed by atoms with Gasteiger partial charge >= 0.3 is 0 Å². The summed E-state index contributed by atoms with van der Waals surface area (Å²) >= 11 is 2.71. The van der Waals surface area contributed by atoms with Gasteiger partial charge in [-0.3, -0.25) is 14.5 Å². The van der Waals surface area contributed by atoms with E-state index < -0.39 is 23.5 Å². The molecule has 6 rings (SSSR count). The molecule has 1 aliphatic heterocycles. The van der Waals surface area contributed by atoms with Crippen molar-refractivity contribution in [2.45, 2.75) is 16.1 Å². The summed E-state index contributed by atoms with van der Waals surface area (Å²) in [6.45, 7) is 0. The molecule has 0 fully saturated rings. The molecule has 194 valence electrons. The highest BCUT2D eigenvalue weighted by Crippen LogP contribution is 2.44. The van der Waals surface area contributed by atoms with Crippen LogP contribution in [0.3, 0.4) is 0 Å². The molecular weight excluding hydrogens is 534 g/mol. The van der Waals surface area contributed by atoms with Crippen LogP contribution in [0.15, 0.2) is 105 Å². The predicted molar refractivity (Wildman–Crippen MR) is 149 cm³/mol. The number of furan rings is 1. The van der Waals surface area contributed by atoms with Gasteiger partial charge in [-0.1, -0.05) is 83.8 Å². The van der Waals surface area contributed by atoms with E-state index in [0.29, 0.717) is 27.0 Å². The number of carbonyl (C=O) groups excluding carboxylic acids is 2. The fourth-order valence-electron chi connectivity index (χ4n) is 4.47. The fourth-order valence-corrected chi connectivity index (χ4v) is 6.29. The van der Waals surface area contributed by atoms with Gasteiger partial charge in [0, 0.05) is 11.1 Å². The third kappa shape index (κ3) is 4.68. The number of amides is 1. The Morgan fingerprint density at radius 2 is 1.85 bits per heavy atom. The van der Waals surface area contributed by atoms with Crippen LogP contribution in [0, 0.1) is 0 Å². The Bertz CT molecular complexity index is 1690. The maximum atomic E-state index is 13.8. The molecule has 1 atom stereocenters. The molecule has 0 aliphatic carbocycles. The Kier molecular flexibility index (Phi) is 6.64. The van der Waals surface area contributed by atoms with Crippen LogP contribution in [0.25, 0.3) is 11.0 Å². The lowest BCUT2D eigenvalue weighted by Crippen LogP contribution is -2.31. The summed E-state index contributed by atoms with van der Waals surface area (Å²) in [5, 5.41) is 20.6. The number of rotatable bonds is 8. The number of aliphatic hydroxyl groups excluding tert-OH is 1. The average Bonchev–Trinajstić information content (AvgIpc) is 3.68. The summed E-state index contributed by atoms with van der Waals surface area (Å²) in [5.41, 5.74) is 2.13. The molecule has 1 N–H and O–H groups in total. The number of aliphatic hydroxyl groups is 1. The Morgan fingerprint density at radius 3 is 2.64 bits per heavy atom. The zero-order chi connectivity index (χ0) is 26.9. The van der Waals surface area contributed by atoms with Gasteiger partial charge in [-0.15, -0.1) is 10.2 Å². The number of Topliss-reactive ketones (excluding diaryl/α,β-unsaturated/α-hetero) is 1. The number of ether oxygens (including phenoxy) is 1. The number of anilines is 1. The van der Waals surface area contributed by atoms with Crippen LogP contribution in [0.4, 0.5) is 5.13 Å². The number of carbonyl (C=O) groups is 2. The lowest BCUT2D eigenvalue weighted by molar-refractivity contribution is -0.117. The fraction of sp³-hybridized carbons (Fsp3) is 0.103. The Hall–Kier alpha value is -4.41. The van der Waals surface area contributed by atoms with Crippen molar-refractivity contribution in [1.29, 1.82) is 0 Å². The molecule has 1 unspecified atom stereocenters. The molecular formula is C29H21N3O5S2. The molecule has 5 aromatic rings. The summed E-state index contributed by atoms with van der Waals surface area (Å²) in [6.07, 6.45) is 0. The Morgan fingerprint density at radius 1 is 1.05 bits per heavy atom. The van der Waals surface area contributed by atoms with E-state index in [2.05, 4.69) is 10.2 Å². The molecule has 3 heterocycles. The zero-order valence-corrected chi connectivity index (χ0v) is 22.2. The molecule has 0 spiro atoms. The third-order valence-corrected chi connectivity index (χ3v) is 8.45. The second-order valence-electron chi connectivity index (χ2n) is 8.72. The van der Waals surface area contributed by atoms with E-state index in [9.17, 15) is 14.7 Å². The van der Waals surface area contributed by atoms with E-state index in [-0.39, 0.29) is 16.5 Å². The number of ketones is 1. The first-order valence-electron chi connectivity index (χ1n) is 12.0. The maximum Gasteiger partial charge on any atom is 0.296 e. The minimum Gasteiger partial charge on any atom is -0.503 e. The second kappa shape index (κ2) is 10.4. The number of hydrogen-bond acceptors (Lipinski definition) is 9. The van der Waals surface area contributed by atoms with Crippen LogP contribution in [-0.4, -0.2) is 34.1 Å². The summed E-state index contributed by atoms with van der Waals surface area (Å²) in [6, 6.07) is 24.8. The minimum absolute atomic E-state index is 0.0247. The molecule has 2 aromatic heterocycles.